The van der Waals surface area contributed by atoms with E-state index < -0.39 is 23.2 Å². The highest BCUT2D eigenvalue weighted by Gasteiger charge is 2.48. The fourth-order valence-electron chi connectivity index (χ4n) is 1.86. The third kappa shape index (κ3) is 3.85. The van der Waals surface area contributed by atoms with Crippen molar-refractivity contribution in [3.63, 3.8) is 0 Å². The van der Waals surface area contributed by atoms with Crippen molar-refractivity contribution in [3.8, 4) is 0 Å². The van der Waals surface area contributed by atoms with E-state index in [-0.39, 0.29) is 19.5 Å². The Kier molecular flexibility index (Phi) is 4.18. The first kappa shape index (κ1) is 14.7. The summed E-state index contributed by atoms with van der Waals surface area (Å²) in [6.45, 7) is 5.85. The molecule has 0 aliphatic carbocycles. The zero-order valence-corrected chi connectivity index (χ0v) is 11.1. The minimum atomic E-state index is -0.941. The zero-order chi connectivity index (χ0) is 14.0. The van der Waals surface area contributed by atoms with Crippen molar-refractivity contribution < 1.29 is 24.3 Å². The van der Waals surface area contributed by atoms with Gasteiger partial charge in [-0.3, -0.25) is 4.79 Å². The number of likely N-dealkylation sites (tertiary alicyclic amines) is 1. The molecule has 1 rings (SSSR count). The standard InChI is InChI=1S/C11H20N2O5/c1-10(2,3)18-9(16)13-6-11(7-13,12-17-4)5-8(14)15/h12H,5-7H2,1-4H3,(H,14,15). The summed E-state index contributed by atoms with van der Waals surface area (Å²) in [7, 11) is 1.42. The van der Waals surface area contributed by atoms with Crippen LogP contribution in [-0.4, -0.2) is 53.4 Å². The molecule has 0 aromatic rings. The number of hydroxylamine groups is 1. The van der Waals surface area contributed by atoms with Gasteiger partial charge in [-0.15, -0.1) is 0 Å². The predicted molar refractivity (Wildman–Crippen MR) is 62.9 cm³/mol. The molecule has 0 atom stereocenters. The van der Waals surface area contributed by atoms with Gasteiger partial charge in [0.05, 0.1) is 19.1 Å². The van der Waals surface area contributed by atoms with Crippen LogP contribution in [0.5, 0.6) is 0 Å². The van der Waals surface area contributed by atoms with Crippen LogP contribution in [0.25, 0.3) is 0 Å². The van der Waals surface area contributed by atoms with Crippen LogP contribution >= 0.6 is 0 Å². The van der Waals surface area contributed by atoms with E-state index >= 15 is 0 Å². The quantitative estimate of drug-likeness (QED) is 0.720. The lowest BCUT2D eigenvalue weighted by Crippen LogP contribution is -2.71. The van der Waals surface area contributed by atoms with Gasteiger partial charge in [0.2, 0.25) is 0 Å². The number of aliphatic carboxylic acids is 1. The maximum Gasteiger partial charge on any atom is 0.410 e. The number of nitrogens with one attached hydrogen (secondary N) is 1. The van der Waals surface area contributed by atoms with Crippen LogP contribution in [0.2, 0.25) is 0 Å². The number of carboxylic acid groups (broad SMARTS) is 1. The average Bonchev–Trinajstić information content (AvgIpc) is 2.09. The largest absolute Gasteiger partial charge is 0.481 e. The number of carbonyl (C=O) groups excluding carboxylic acids is 1. The monoisotopic (exact) mass is 260 g/mol. The van der Waals surface area contributed by atoms with Gasteiger partial charge in [0, 0.05) is 13.1 Å². The second kappa shape index (κ2) is 5.11. The van der Waals surface area contributed by atoms with E-state index in [0.717, 1.165) is 0 Å². The molecule has 7 heteroatoms. The van der Waals surface area contributed by atoms with Crippen molar-refractivity contribution in [1.29, 1.82) is 0 Å². The molecule has 0 aromatic heterocycles. The molecular weight excluding hydrogens is 240 g/mol. The SMILES string of the molecule is CONC1(CC(=O)O)CN(C(=O)OC(C)(C)C)C1. The lowest BCUT2D eigenvalue weighted by molar-refractivity contribution is -0.145. The fourth-order valence-corrected chi connectivity index (χ4v) is 1.86. The molecule has 2 N–H and O–H groups in total. The topological polar surface area (TPSA) is 88.1 Å². The van der Waals surface area contributed by atoms with Crippen LogP contribution in [0, 0.1) is 0 Å². The summed E-state index contributed by atoms with van der Waals surface area (Å²) < 4.78 is 5.19. The Morgan fingerprint density at radius 1 is 1.39 bits per heavy atom. The molecule has 0 radical (unpaired) electrons. The van der Waals surface area contributed by atoms with Crippen molar-refractivity contribution >= 4 is 12.1 Å². The molecule has 104 valence electrons. The summed E-state index contributed by atoms with van der Waals surface area (Å²) in [5.41, 5.74) is 1.36. The molecular formula is C11H20N2O5. The second-order valence-corrected chi connectivity index (χ2v) is 5.49. The van der Waals surface area contributed by atoms with Gasteiger partial charge in [-0.1, -0.05) is 0 Å². The number of nitrogens with zero attached hydrogens (tertiary/aromatic N) is 1. The van der Waals surface area contributed by atoms with Crippen molar-refractivity contribution in [2.75, 3.05) is 20.2 Å². The van der Waals surface area contributed by atoms with E-state index in [2.05, 4.69) is 5.48 Å². The first-order chi connectivity index (χ1) is 8.17. The number of carbonyl (C=O) groups is 2. The molecule has 0 saturated carbocycles. The minimum Gasteiger partial charge on any atom is -0.481 e. The van der Waals surface area contributed by atoms with E-state index in [4.69, 9.17) is 14.7 Å². The van der Waals surface area contributed by atoms with Crippen LogP contribution in [0.15, 0.2) is 0 Å². The number of amides is 1. The molecule has 1 aliphatic heterocycles. The third-order valence-electron chi connectivity index (χ3n) is 2.45. The summed E-state index contributed by atoms with van der Waals surface area (Å²) in [5.74, 6) is -0.941. The number of hydrogen-bond acceptors (Lipinski definition) is 5. The Bertz CT molecular complexity index is 331. The Morgan fingerprint density at radius 2 is 1.94 bits per heavy atom. The van der Waals surface area contributed by atoms with Crippen LogP contribution in [0.4, 0.5) is 4.79 Å². The Labute approximate surface area is 106 Å². The van der Waals surface area contributed by atoms with Crippen LogP contribution in [0.3, 0.4) is 0 Å². The number of rotatable bonds is 4. The lowest BCUT2D eigenvalue weighted by Gasteiger charge is -2.48. The van der Waals surface area contributed by atoms with E-state index in [1.807, 2.05) is 0 Å². The Morgan fingerprint density at radius 3 is 2.33 bits per heavy atom. The van der Waals surface area contributed by atoms with Crippen molar-refractivity contribution in [3.05, 3.63) is 0 Å². The van der Waals surface area contributed by atoms with Crippen molar-refractivity contribution in [2.45, 2.75) is 38.3 Å². The number of ether oxygens (including phenoxy) is 1. The molecule has 1 heterocycles. The number of carboxylic acids is 1. The third-order valence-corrected chi connectivity index (χ3v) is 2.45. The molecule has 0 aromatic carbocycles. The van der Waals surface area contributed by atoms with E-state index in [1.54, 1.807) is 20.8 Å². The van der Waals surface area contributed by atoms with Gasteiger partial charge in [-0.2, -0.15) is 5.48 Å². The van der Waals surface area contributed by atoms with E-state index in [0.29, 0.717) is 0 Å². The van der Waals surface area contributed by atoms with Gasteiger partial charge in [-0.05, 0) is 20.8 Å². The Balaban J connectivity index is 2.53. The summed E-state index contributed by atoms with van der Waals surface area (Å²) in [5, 5.41) is 8.82. The predicted octanol–water partition coefficient (Wildman–Crippen LogP) is 0.602. The maximum absolute atomic E-state index is 11.7. The van der Waals surface area contributed by atoms with Gasteiger partial charge in [0.1, 0.15) is 5.60 Å². The molecule has 1 aliphatic rings. The van der Waals surface area contributed by atoms with Gasteiger partial charge >= 0.3 is 12.1 Å². The van der Waals surface area contributed by atoms with Crippen LogP contribution in [0.1, 0.15) is 27.2 Å². The highest BCUT2D eigenvalue weighted by molar-refractivity contribution is 5.72. The smallest absolute Gasteiger partial charge is 0.410 e. The van der Waals surface area contributed by atoms with E-state index in [9.17, 15) is 9.59 Å². The minimum absolute atomic E-state index is 0.111. The summed E-state index contributed by atoms with van der Waals surface area (Å²) in [6, 6.07) is 0. The average molecular weight is 260 g/mol. The summed E-state index contributed by atoms with van der Waals surface area (Å²) in [6.07, 6.45) is -0.554. The Hall–Kier alpha value is -1.34. The fraction of sp³-hybridized carbons (Fsp3) is 0.818. The van der Waals surface area contributed by atoms with Crippen LogP contribution < -0.4 is 5.48 Å². The molecule has 0 unspecified atom stereocenters. The van der Waals surface area contributed by atoms with Crippen LogP contribution in [-0.2, 0) is 14.4 Å². The van der Waals surface area contributed by atoms with Gasteiger partial charge < -0.3 is 19.6 Å². The lowest BCUT2D eigenvalue weighted by atomic mass is 9.87. The van der Waals surface area contributed by atoms with E-state index in [1.165, 1.54) is 12.0 Å². The maximum atomic E-state index is 11.7. The van der Waals surface area contributed by atoms with Gasteiger partial charge in [0.25, 0.3) is 0 Å². The molecule has 1 saturated heterocycles. The van der Waals surface area contributed by atoms with Crippen molar-refractivity contribution in [1.82, 2.24) is 10.4 Å². The van der Waals surface area contributed by atoms with Gasteiger partial charge in [0.15, 0.2) is 0 Å². The summed E-state index contributed by atoms with van der Waals surface area (Å²) in [4.78, 5) is 28.7. The highest BCUT2D eigenvalue weighted by atomic mass is 16.6. The molecule has 0 bridgehead atoms. The van der Waals surface area contributed by atoms with Crippen molar-refractivity contribution in [2.24, 2.45) is 0 Å². The molecule has 7 nitrogen and oxygen atoms in total. The number of hydrogen-bond donors (Lipinski definition) is 2. The molecule has 0 spiro atoms. The molecule has 1 fully saturated rings. The highest BCUT2D eigenvalue weighted by Crippen LogP contribution is 2.26. The normalized spacial score (nSPS) is 18.1. The molecule has 18 heavy (non-hydrogen) atoms. The molecule has 1 amide bonds. The second-order valence-electron chi connectivity index (χ2n) is 5.49. The first-order valence-corrected chi connectivity index (χ1v) is 5.67. The first-order valence-electron chi connectivity index (χ1n) is 5.67. The summed E-state index contributed by atoms with van der Waals surface area (Å²) >= 11 is 0. The zero-order valence-electron chi connectivity index (χ0n) is 11.1. The van der Waals surface area contributed by atoms with Gasteiger partial charge in [-0.25, -0.2) is 4.79 Å².